The number of aromatic nitrogens is 1. The number of amides is 1. The highest BCUT2D eigenvalue weighted by molar-refractivity contribution is 7.09. The Kier molecular flexibility index (Phi) is 6.85. The monoisotopic (exact) mass is 271 g/mol. The van der Waals surface area contributed by atoms with Crippen LogP contribution >= 0.6 is 11.3 Å². The lowest BCUT2D eigenvalue weighted by molar-refractivity contribution is -0.122. The molecular weight excluding hydrogens is 250 g/mol. The van der Waals surface area contributed by atoms with Crippen molar-refractivity contribution in [1.82, 2.24) is 10.3 Å². The summed E-state index contributed by atoms with van der Waals surface area (Å²) in [5, 5.41) is 5.82. The van der Waals surface area contributed by atoms with Crippen molar-refractivity contribution >= 4 is 17.2 Å². The van der Waals surface area contributed by atoms with E-state index in [1.807, 2.05) is 12.3 Å². The quantitative estimate of drug-likeness (QED) is 0.695. The number of nitrogens with two attached hydrogens (primary N) is 1. The fourth-order valence-corrected chi connectivity index (χ4v) is 2.23. The fourth-order valence-electron chi connectivity index (χ4n) is 1.53. The van der Waals surface area contributed by atoms with E-state index < -0.39 is 6.04 Å². The molecule has 1 rings (SSSR count). The van der Waals surface area contributed by atoms with E-state index in [1.54, 1.807) is 24.6 Å². The van der Waals surface area contributed by atoms with Crippen LogP contribution in [0.4, 0.5) is 0 Å². The van der Waals surface area contributed by atoms with Crippen molar-refractivity contribution in [2.75, 3.05) is 20.3 Å². The van der Waals surface area contributed by atoms with Gasteiger partial charge in [-0.25, -0.2) is 4.98 Å². The summed E-state index contributed by atoms with van der Waals surface area (Å²) in [6, 6.07) is -0.455. The summed E-state index contributed by atoms with van der Waals surface area (Å²) < 4.78 is 4.92. The van der Waals surface area contributed by atoms with Crippen LogP contribution in [-0.4, -0.2) is 37.2 Å². The lowest BCUT2D eigenvalue weighted by Crippen LogP contribution is -2.41. The van der Waals surface area contributed by atoms with Gasteiger partial charge in [0.15, 0.2) is 0 Å². The third kappa shape index (κ3) is 5.12. The molecule has 2 atom stereocenters. The van der Waals surface area contributed by atoms with Crippen LogP contribution in [0.5, 0.6) is 0 Å². The Morgan fingerprint density at radius 1 is 1.67 bits per heavy atom. The second kappa shape index (κ2) is 8.18. The number of carbonyl (C=O) groups excluding carboxylic acids is 1. The van der Waals surface area contributed by atoms with Crippen molar-refractivity contribution < 1.29 is 9.53 Å². The summed E-state index contributed by atoms with van der Waals surface area (Å²) in [5.74, 6) is 0.120. The summed E-state index contributed by atoms with van der Waals surface area (Å²) in [6.45, 7) is 3.25. The number of nitrogens with zero attached hydrogens (tertiary/aromatic N) is 1. The van der Waals surface area contributed by atoms with Gasteiger partial charge in [-0.3, -0.25) is 4.79 Å². The van der Waals surface area contributed by atoms with Crippen molar-refractivity contribution in [2.24, 2.45) is 5.73 Å². The molecule has 0 spiro atoms. The van der Waals surface area contributed by atoms with Crippen LogP contribution in [0.15, 0.2) is 11.6 Å². The smallest absolute Gasteiger partial charge is 0.236 e. The molecule has 0 radical (unpaired) electrons. The molecule has 3 N–H and O–H groups in total. The summed E-state index contributed by atoms with van der Waals surface area (Å²) in [6.07, 6.45) is 3.22. The average molecular weight is 271 g/mol. The normalized spacial score (nSPS) is 14.2. The van der Waals surface area contributed by atoms with Crippen molar-refractivity contribution in [3.63, 3.8) is 0 Å². The Morgan fingerprint density at radius 3 is 3.06 bits per heavy atom. The number of carbonyl (C=O) groups is 1. The van der Waals surface area contributed by atoms with Crippen LogP contribution < -0.4 is 11.1 Å². The number of ether oxygens (including phenoxy) is 1. The zero-order chi connectivity index (χ0) is 13.4. The van der Waals surface area contributed by atoms with Crippen LogP contribution in [0, 0.1) is 0 Å². The van der Waals surface area contributed by atoms with Crippen LogP contribution in [0.2, 0.25) is 0 Å². The minimum atomic E-state index is -0.455. The Balaban J connectivity index is 2.23. The number of methoxy groups -OCH3 is 1. The lowest BCUT2D eigenvalue weighted by Gasteiger charge is -2.14. The molecule has 2 unspecified atom stereocenters. The van der Waals surface area contributed by atoms with Gasteiger partial charge in [0.25, 0.3) is 0 Å². The van der Waals surface area contributed by atoms with Crippen LogP contribution in [0.1, 0.15) is 30.7 Å². The molecule has 1 aromatic heterocycles. The molecule has 0 saturated heterocycles. The minimum Gasteiger partial charge on any atom is -0.385 e. The predicted octanol–water partition coefficient (Wildman–Crippen LogP) is 1.12. The number of nitrogens with one attached hydrogen (secondary N) is 1. The molecule has 0 fully saturated rings. The van der Waals surface area contributed by atoms with Crippen LogP contribution in [0.25, 0.3) is 0 Å². The molecular formula is C12H21N3O2S. The van der Waals surface area contributed by atoms with Crippen molar-refractivity contribution in [3.05, 3.63) is 16.6 Å². The van der Waals surface area contributed by atoms with E-state index in [9.17, 15) is 4.79 Å². The van der Waals surface area contributed by atoms with Gasteiger partial charge in [0.1, 0.15) is 0 Å². The second-order valence-electron chi connectivity index (χ2n) is 4.26. The zero-order valence-electron chi connectivity index (χ0n) is 10.9. The topological polar surface area (TPSA) is 77.2 Å². The van der Waals surface area contributed by atoms with Gasteiger partial charge in [-0.2, -0.15) is 0 Å². The average Bonchev–Trinajstić information content (AvgIpc) is 2.89. The maximum atomic E-state index is 11.7. The van der Waals surface area contributed by atoms with Gasteiger partial charge in [-0.15, -0.1) is 11.3 Å². The van der Waals surface area contributed by atoms with E-state index in [4.69, 9.17) is 10.5 Å². The molecule has 0 bridgehead atoms. The Hall–Kier alpha value is -0.980. The first kappa shape index (κ1) is 15.1. The first-order valence-electron chi connectivity index (χ1n) is 6.06. The number of hydrogen-bond acceptors (Lipinski definition) is 5. The molecule has 6 heteroatoms. The van der Waals surface area contributed by atoms with Gasteiger partial charge < -0.3 is 15.8 Å². The predicted molar refractivity (Wildman–Crippen MR) is 72.6 cm³/mol. The third-order valence-electron chi connectivity index (χ3n) is 2.66. The Morgan fingerprint density at radius 2 is 2.44 bits per heavy atom. The van der Waals surface area contributed by atoms with Crippen LogP contribution in [0.3, 0.4) is 0 Å². The molecule has 1 heterocycles. The highest BCUT2D eigenvalue weighted by Gasteiger charge is 2.15. The maximum Gasteiger partial charge on any atom is 0.236 e. The molecule has 0 aliphatic rings. The molecule has 0 aliphatic carbocycles. The first-order chi connectivity index (χ1) is 8.65. The summed E-state index contributed by atoms with van der Waals surface area (Å²) in [4.78, 5) is 15.9. The highest BCUT2D eigenvalue weighted by Crippen LogP contribution is 2.16. The fraction of sp³-hybridized carbons (Fsp3) is 0.667. The van der Waals surface area contributed by atoms with Gasteiger partial charge in [0.05, 0.1) is 11.0 Å². The molecule has 0 aliphatic heterocycles. The molecule has 0 aromatic carbocycles. The van der Waals surface area contributed by atoms with Crippen molar-refractivity contribution in [1.29, 1.82) is 0 Å². The van der Waals surface area contributed by atoms with E-state index in [2.05, 4.69) is 10.3 Å². The molecule has 102 valence electrons. The Bertz CT molecular complexity index is 343. The van der Waals surface area contributed by atoms with Gasteiger partial charge in [-0.1, -0.05) is 6.92 Å². The number of thiazole rings is 1. The minimum absolute atomic E-state index is 0.102. The summed E-state index contributed by atoms with van der Waals surface area (Å²) >= 11 is 1.60. The molecule has 1 aromatic rings. The second-order valence-corrected chi connectivity index (χ2v) is 5.18. The maximum absolute atomic E-state index is 11.7. The number of rotatable bonds is 8. The molecule has 0 saturated carbocycles. The zero-order valence-corrected chi connectivity index (χ0v) is 11.7. The van der Waals surface area contributed by atoms with Gasteiger partial charge >= 0.3 is 0 Å². The largest absolute Gasteiger partial charge is 0.385 e. The summed E-state index contributed by atoms with van der Waals surface area (Å²) in [5.41, 5.74) is 5.78. The van der Waals surface area contributed by atoms with E-state index in [0.717, 1.165) is 11.4 Å². The summed E-state index contributed by atoms with van der Waals surface area (Å²) in [7, 11) is 1.64. The van der Waals surface area contributed by atoms with Crippen LogP contribution in [-0.2, 0) is 9.53 Å². The lowest BCUT2D eigenvalue weighted by atomic mass is 10.1. The van der Waals surface area contributed by atoms with Gasteiger partial charge in [-0.05, 0) is 12.8 Å². The first-order valence-corrected chi connectivity index (χ1v) is 6.94. The SMILES string of the molecule is COCCCC(N)C(=O)NCC(C)c1nccs1. The molecule has 1 amide bonds. The van der Waals surface area contributed by atoms with Gasteiger partial charge in [0, 0.05) is 37.8 Å². The van der Waals surface area contributed by atoms with E-state index in [-0.39, 0.29) is 11.8 Å². The molecule has 5 nitrogen and oxygen atoms in total. The standard InChI is InChI=1S/C12H21N3O2S/c1-9(12-14-5-7-18-12)8-15-11(16)10(13)4-3-6-17-2/h5,7,9-10H,3-4,6,8,13H2,1-2H3,(H,15,16). The third-order valence-corrected chi connectivity index (χ3v) is 3.66. The van der Waals surface area contributed by atoms with Gasteiger partial charge in [0.2, 0.25) is 5.91 Å². The van der Waals surface area contributed by atoms with Crippen molar-refractivity contribution in [3.8, 4) is 0 Å². The molecule has 18 heavy (non-hydrogen) atoms. The number of hydrogen-bond donors (Lipinski definition) is 2. The van der Waals surface area contributed by atoms with E-state index in [0.29, 0.717) is 19.6 Å². The van der Waals surface area contributed by atoms with Crippen molar-refractivity contribution in [2.45, 2.75) is 31.7 Å². The van der Waals surface area contributed by atoms with E-state index >= 15 is 0 Å². The highest BCUT2D eigenvalue weighted by atomic mass is 32.1. The van der Waals surface area contributed by atoms with E-state index in [1.165, 1.54) is 0 Å². The Labute approximate surface area is 112 Å².